The number of rotatable bonds is 11. The van der Waals surface area contributed by atoms with E-state index in [1.807, 2.05) is 55.5 Å². The van der Waals surface area contributed by atoms with Crippen molar-refractivity contribution >= 4 is 11.6 Å². The van der Waals surface area contributed by atoms with Gasteiger partial charge in [0.2, 0.25) is 0 Å². The fourth-order valence-corrected chi connectivity index (χ4v) is 5.20. The standard InChI is InChI=1S/C28H39N3O4/c1-2-34-26-19-23(11-12-25(26)35-21-27(32)30-24-9-5-3-6-10-24)20-29-22-28(13-7-4-8-14-28)31-15-17-33-18-16-31/h3,5-6,9-12,19,29H,2,4,7-8,13-18,20-22H2,1H3,(H,30,32). The van der Waals surface area contributed by atoms with Crippen LogP contribution in [0.25, 0.3) is 0 Å². The molecule has 0 unspecified atom stereocenters. The summed E-state index contributed by atoms with van der Waals surface area (Å²) in [5.41, 5.74) is 2.13. The second kappa shape index (κ2) is 12.9. The maximum absolute atomic E-state index is 12.3. The maximum Gasteiger partial charge on any atom is 0.262 e. The lowest BCUT2D eigenvalue weighted by molar-refractivity contribution is -0.118. The van der Waals surface area contributed by atoms with Crippen molar-refractivity contribution in [2.75, 3.05) is 51.4 Å². The Labute approximate surface area is 209 Å². The molecule has 2 aromatic carbocycles. The van der Waals surface area contributed by atoms with Crippen molar-refractivity contribution < 1.29 is 19.0 Å². The minimum absolute atomic E-state index is 0.0748. The highest BCUT2D eigenvalue weighted by atomic mass is 16.5. The average Bonchev–Trinajstić information content (AvgIpc) is 2.90. The molecular weight excluding hydrogens is 442 g/mol. The second-order valence-corrected chi connectivity index (χ2v) is 9.40. The number of hydrogen-bond acceptors (Lipinski definition) is 6. The van der Waals surface area contributed by atoms with Crippen LogP contribution in [0.2, 0.25) is 0 Å². The zero-order valence-electron chi connectivity index (χ0n) is 20.9. The normalized spacial score (nSPS) is 18.1. The first-order chi connectivity index (χ1) is 17.2. The van der Waals surface area contributed by atoms with E-state index in [9.17, 15) is 4.79 Å². The first-order valence-electron chi connectivity index (χ1n) is 13.0. The van der Waals surface area contributed by atoms with Crippen molar-refractivity contribution in [1.82, 2.24) is 10.2 Å². The second-order valence-electron chi connectivity index (χ2n) is 9.40. The molecule has 0 bridgehead atoms. The predicted octanol–water partition coefficient (Wildman–Crippen LogP) is 4.23. The molecule has 1 aliphatic heterocycles. The monoisotopic (exact) mass is 481 g/mol. The molecule has 2 aromatic rings. The fourth-order valence-electron chi connectivity index (χ4n) is 5.20. The van der Waals surface area contributed by atoms with Gasteiger partial charge in [0.1, 0.15) is 0 Å². The lowest BCUT2D eigenvalue weighted by Gasteiger charge is -2.48. The number of morpholine rings is 1. The summed E-state index contributed by atoms with van der Waals surface area (Å²) in [5.74, 6) is 1.04. The Hall–Kier alpha value is -2.61. The summed E-state index contributed by atoms with van der Waals surface area (Å²) in [6, 6.07) is 15.3. The predicted molar refractivity (Wildman–Crippen MR) is 138 cm³/mol. The minimum Gasteiger partial charge on any atom is -0.490 e. The molecule has 1 amide bonds. The molecule has 35 heavy (non-hydrogen) atoms. The van der Waals surface area contributed by atoms with E-state index in [2.05, 4.69) is 15.5 Å². The van der Waals surface area contributed by atoms with E-state index < -0.39 is 0 Å². The van der Waals surface area contributed by atoms with Crippen LogP contribution in [0.1, 0.15) is 44.6 Å². The van der Waals surface area contributed by atoms with E-state index in [0.717, 1.165) is 50.6 Å². The summed E-state index contributed by atoms with van der Waals surface area (Å²) < 4.78 is 17.2. The van der Waals surface area contributed by atoms with Crippen LogP contribution in [0.5, 0.6) is 11.5 Å². The number of benzene rings is 2. The summed E-state index contributed by atoms with van der Waals surface area (Å²) in [7, 11) is 0. The number of ether oxygens (including phenoxy) is 3. The Bertz CT molecular complexity index is 925. The van der Waals surface area contributed by atoms with Crippen molar-refractivity contribution in [1.29, 1.82) is 0 Å². The van der Waals surface area contributed by atoms with E-state index in [1.54, 1.807) is 0 Å². The van der Waals surface area contributed by atoms with E-state index >= 15 is 0 Å². The molecule has 0 aromatic heterocycles. The molecule has 0 atom stereocenters. The lowest BCUT2D eigenvalue weighted by atomic mass is 9.79. The summed E-state index contributed by atoms with van der Waals surface area (Å²) in [6.45, 7) is 7.88. The Morgan fingerprint density at radius 2 is 1.77 bits per heavy atom. The molecule has 0 spiro atoms. The Balaban J connectivity index is 1.33. The van der Waals surface area contributed by atoms with Crippen LogP contribution in [0.15, 0.2) is 48.5 Å². The highest BCUT2D eigenvalue weighted by Crippen LogP contribution is 2.34. The van der Waals surface area contributed by atoms with E-state index in [4.69, 9.17) is 14.2 Å². The molecule has 7 nitrogen and oxygen atoms in total. The van der Waals surface area contributed by atoms with Gasteiger partial charge in [0, 0.05) is 37.4 Å². The third-order valence-electron chi connectivity index (χ3n) is 6.97. The van der Waals surface area contributed by atoms with Gasteiger partial charge >= 0.3 is 0 Å². The zero-order chi connectivity index (χ0) is 24.3. The molecule has 1 saturated heterocycles. The quantitative estimate of drug-likeness (QED) is 0.501. The number of para-hydroxylation sites is 1. The number of nitrogens with one attached hydrogen (secondary N) is 2. The van der Waals surface area contributed by atoms with Crippen molar-refractivity contribution in [3.8, 4) is 11.5 Å². The molecule has 4 rings (SSSR count). The number of nitrogens with zero attached hydrogens (tertiary/aromatic N) is 1. The number of carbonyl (C=O) groups is 1. The van der Waals surface area contributed by atoms with Crippen molar-refractivity contribution in [3.05, 3.63) is 54.1 Å². The van der Waals surface area contributed by atoms with Crippen LogP contribution >= 0.6 is 0 Å². The van der Waals surface area contributed by atoms with Crippen molar-refractivity contribution in [2.24, 2.45) is 0 Å². The van der Waals surface area contributed by atoms with Gasteiger partial charge in [0.15, 0.2) is 18.1 Å². The summed E-state index contributed by atoms with van der Waals surface area (Å²) in [4.78, 5) is 14.9. The highest BCUT2D eigenvalue weighted by molar-refractivity contribution is 5.91. The van der Waals surface area contributed by atoms with Crippen molar-refractivity contribution in [2.45, 2.75) is 51.1 Å². The average molecular weight is 482 g/mol. The van der Waals surface area contributed by atoms with Gasteiger partial charge in [-0.1, -0.05) is 43.5 Å². The Morgan fingerprint density at radius 3 is 2.51 bits per heavy atom. The highest BCUT2D eigenvalue weighted by Gasteiger charge is 2.38. The number of amides is 1. The molecule has 1 aliphatic carbocycles. The van der Waals surface area contributed by atoms with Crippen LogP contribution in [0.3, 0.4) is 0 Å². The van der Waals surface area contributed by atoms with Gasteiger partial charge in [-0.3, -0.25) is 9.69 Å². The van der Waals surface area contributed by atoms with Crippen LogP contribution < -0.4 is 20.1 Å². The van der Waals surface area contributed by atoms with Crippen LogP contribution in [0.4, 0.5) is 5.69 Å². The summed E-state index contributed by atoms with van der Waals surface area (Å²) in [5, 5.41) is 6.57. The molecule has 1 heterocycles. The summed E-state index contributed by atoms with van der Waals surface area (Å²) >= 11 is 0. The molecule has 190 valence electrons. The molecule has 2 fully saturated rings. The van der Waals surface area contributed by atoms with Crippen molar-refractivity contribution in [3.63, 3.8) is 0 Å². The molecule has 1 saturated carbocycles. The SMILES string of the molecule is CCOc1cc(CNCC2(N3CCOCC3)CCCCC2)ccc1OCC(=O)Nc1ccccc1. The first-order valence-corrected chi connectivity index (χ1v) is 13.0. The first kappa shape index (κ1) is 25.5. The van der Waals surface area contributed by atoms with Crippen LogP contribution in [0, 0.1) is 0 Å². The van der Waals surface area contributed by atoms with Crippen LogP contribution in [-0.4, -0.2) is 62.4 Å². The van der Waals surface area contributed by atoms with Gasteiger partial charge in [-0.2, -0.15) is 0 Å². The van der Waals surface area contributed by atoms with E-state index in [1.165, 1.54) is 32.1 Å². The largest absolute Gasteiger partial charge is 0.490 e. The molecule has 2 N–H and O–H groups in total. The third-order valence-corrected chi connectivity index (χ3v) is 6.97. The van der Waals surface area contributed by atoms with E-state index in [-0.39, 0.29) is 18.1 Å². The molecule has 7 heteroatoms. The van der Waals surface area contributed by atoms with Gasteiger partial charge < -0.3 is 24.8 Å². The summed E-state index contributed by atoms with van der Waals surface area (Å²) in [6.07, 6.45) is 6.45. The Kier molecular flexibility index (Phi) is 9.40. The fraction of sp³-hybridized carbons (Fsp3) is 0.536. The molecule has 2 aliphatic rings. The van der Waals surface area contributed by atoms with Gasteiger partial charge in [-0.15, -0.1) is 0 Å². The smallest absolute Gasteiger partial charge is 0.262 e. The molecule has 0 radical (unpaired) electrons. The zero-order valence-corrected chi connectivity index (χ0v) is 20.9. The van der Waals surface area contributed by atoms with Gasteiger partial charge in [0.25, 0.3) is 5.91 Å². The van der Waals surface area contributed by atoms with Crippen LogP contribution in [-0.2, 0) is 16.1 Å². The third kappa shape index (κ3) is 7.19. The maximum atomic E-state index is 12.3. The Morgan fingerprint density at radius 1 is 1.00 bits per heavy atom. The number of hydrogen-bond donors (Lipinski definition) is 2. The molecular formula is C28H39N3O4. The van der Waals surface area contributed by atoms with E-state index in [0.29, 0.717) is 18.1 Å². The lowest BCUT2D eigenvalue weighted by Crippen LogP contribution is -2.59. The van der Waals surface area contributed by atoms with Gasteiger partial charge in [-0.25, -0.2) is 0 Å². The number of carbonyl (C=O) groups excluding carboxylic acids is 1. The topological polar surface area (TPSA) is 72.1 Å². The van der Waals surface area contributed by atoms with Gasteiger partial charge in [0.05, 0.1) is 19.8 Å². The minimum atomic E-state index is -0.203. The number of anilines is 1. The van der Waals surface area contributed by atoms with Gasteiger partial charge in [-0.05, 0) is 49.6 Å².